The lowest BCUT2D eigenvalue weighted by Crippen LogP contribution is -2.42. The van der Waals surface area contributed by atoms with Gasteiger partial charge in [0.15, 0.2) is 0 Å². The van der Waals surface area contributed by atoms with Crippen molar-refractivity contribution in [3.8, 4) is 6.07 Å². The van der Waals surface area contributed by atoms with Crippen molar-refractivity contribution in [1.82, 2.24) is 0 Å². The highest BCUT2D eigenvalue weighted by atomic mass is 19.1. The van der Waals surface area contributed by atoms with Crippen molar-refractivity contribution in [2.75, 3.05) is 17.3 Å². The van der Waals surface area contributed by atoms with E-state index in [0.717, 1.165) is 28.0 Å². The first-order chi connectivity index (χ1) is 14.0. The number of halogens is 1. The Morgan fingerprint density at radius 1 is 1.13 bits per heavy atom. The summed E-state index contributed by atoms with van der Waals surface area (Å²) >= 11 is 0. The Kier molecular flexibility index (Phi) is 5.54. The minimum Gasteiger partial charge on any atom is -0.365 e. The lowest BCUT2D eigenvalue weighted by atomic mass is 9.88. The summed E-state index contributed by atoms with van der Waals surface area (Å²) in [7, 11) is 1.93. The number of allylic oxidation sites excluding steroid dienone is 1. The molecule has 0 saturated carbocycles. The number of aryl methyl sites for hydroxylation is 2. The predicted molar refractivity (Wildman–Crippen MR) is 121 cm³/mol. The van der Waals surface area contributed by atoms with Gasteiger partial charge in [-0.3, -0.25) is 4.79 Å². The number of carbonyl (C=O) groups excluding carboxylic acids is 1. The number of benzene rings is 2. The molecule has 1 aliphatic heterocycles. The molecule has 1 N–H and O–H groups in total. The van der Waals surface area contributed by atoms with E-state index >= 15 is 0 Å². The van der Waals surface area contributed by atoms with Crippen LogP contribution < -0.4 is 10.2 Å². The molecule has 0 aromatic heterocycles. The fourth-order valence-electron chi connectivity index (χ4n) is 3.85. The van der Waals surface area contributed by atoms with Gasteiger partial charge in [0.25, 0.3) is 5.91 Å². The second-order valence-electron chi connectivity index (χ2n) is 8.43. The van der Waals surface area contributed by atoms with Gasteiger partial charge in [-0.2, -0.15) is 5.26 Å². The lowest BCUT2D eigenvalue weighted by Gasteiger charge is -2.40. The molecular formula is C25H26FN3O. The van der Waals surface area contributed by atoms with Crippen molar-refractivity contribution in [2.45, 2.75) is 40.2 Å². The average Bonchev–Trinajstić information content (AvgIpc) is 2.63. The number of hydrogen-bond donors (Lipinski definition) is 1. The van der Waals surface area contributed by atoms with Gasteiger partial charge in [-0.1, -0.05) is 12.1 Å². The van der Waals surface area contributed by atoms with E-state index in [-0.39, 0.29) is 16.7 Å². The van der Waals surface area contributed by atoms with Crippen LogP contribution in [0.5, 0.6) is 0 Å². The van der Waals surface area contributed by atoms with E-state index in [9.17, 15) is 14.4 Å². The number of nitrogens with zero attached hydrogens (tertiary/aromatic N) is 2. The quantitative estimate of drug-likeness (QED) is 0.534. The first-order valence-corrected chi connectivity index (χ1v) is 9.80. The second-order valence-corrected chi connectivity index (χ2v) is 8.43. The molecule has 4 nitrogen and oxygen atoms in total. The summed E-state index contributed by atoms with van der Waals surface area (Å²) in [5, 5.41) is 12.2. The molecule has 0 bridgehead atoms. The number of likely N-dealkylation sites (N-methyl/N-ethyl adjacent to an activating group) is 1. The van der Waals surface area contributed by atoms with Crippen molar-refractivity contribution in [3.63, 3.8) is 0 Å². The molecule has 154 valence electrons. The van der Waals surface area contributed by atoms with Crippen LogP contribution in [0.2, 0.25) is 0 Å². The van der Waals surface area contributed by atoms with Gasteiger partial charge in [0.1, 0.15) is 17.5 Å². The number of amides is 1. The topological polar surface area (TPSA) is 56.1 Å². The summed E-state index contributed by atoms with van der Waals surface area (Å²) < 4.78 is 14.9. The second kappa shape index (κ2) is 7.79. The highest BCUT2D eigenvalue weighted by Gasteiger charge is 2.29. The van der Waals surface area contributed by atoms with Gasteiger partial charge in [0.2, 0.25) is 0 Å². The van der Waals surface area contributed by atoms with Gasteiger partial charge in [0.05, 0.1) is 5.54 Å². The fraction of sp³-hybridized carbons (Fsp3) is 0.280. The van der Waals surface area contributed by atoms with Crippen LogP contribution in [0.15, 0.2) is 42.0 Å². The maximum Gasteiger partial charge on any atom is 0.266 e. The number of anilines is 2. The number of nitriles is 1. The number of carbonyl (C=O) groups is 1. The van der Waals surface area contributed by atoms with Gasteiger partial charge < -0.3 is 10.2 Å². The number of rotatable bonds is 3. The Balaban J connectivity index is 1.98. The predicted octanol–water partition coefficient (Wildman–Crippen LogP) is 5.62. The molecule has 2 aromatic rings. The van der Waals surface area contributed by atoms with Crippen molar-refractivity contribution < 1.29 is 9.18 Å². The Morgan fingerprint density at radius 3 is 2.37 bits per heavy atom. The molecule has 0 spiro atoms. The largest absolute Gasteiger partial charge is 0.365 e. The normalized spacial score (nSPS) is 15.2. The Hall–Kier alpha value is -3.39. The third-order valence-corrected chi connectivity index (χ3v) is 5.48. The van der Waals surface area contributed by atoms with Crippen LogP contribution >= 0.6 is 0 Å². The highest BCUT2D eigenvalue weighted by molar-refractivity contribution is 6.09. The molecule has 2 aromatic carbocycles. The molecule has 3 rings (SSSR count). The minimum absolute atomic E-state index is 0.154. The molecule has 0 atom stereocenters. The van der Waals surface area contributed by atoms with E-state index in [0.29, 0.717) is 5.69 Å². The molecule has 0 aliphatic carbocycles. The Morgan fingerprint density at radius 2 is 1.77 bits per heavy atom. The summed E-state index contributed by atoms with van der Waals surface area (Å²) in [5.74, 6) is -1.04. The molecule has 0 fully saturated rings. The number of nitrogens with one attached hydrogen (secondary N) is 1. The summed E-state index contributed by atoms with van der Waals surface area (Å²) in [6.07, 6.45) is 3.43. The van der Waals surface area contributed by atoms with Gasteiger partial charge in [-0.15, -0.1) is 0 Å². The van der Waals surface area contributed by atoms with E-state index in [4.69, 9.17) is 0 Å². The van der Waals surface area contributed by atoms with Crippen LogP contribution in [0.3, 0.4) is 0 Å². The van der Waals surface area contributed by atoms with Crippen molar-refractivity contribution in [2.24, 2.45) is 0 Å². The van der Waals surface area contributed by atoms with Gasteiger partial charge in [0, 0.05) is 29.5 Å². The number of fused-ring (bicyclic) bond motifs is 1. The summed E-state index contributed by atoms with van der Waals surface area (Å²) in [6, 6.07) is 10.7. The Labute approximate surface area is 177 Å². The lowest BCUT2D eigenvalue weighted by molar-refractivity contribution is -0.112. The van der Waals surface area contributed by atoms with Gasteiger partial charge >= 0.3 is 0 Å². The van der Waals surface area contributed by atoms with E-state index in [1.807, 2.05) is 57.0 Å². The molecule has 0 saturated heterocycles. The first kappa shape index (κ1) is 21.3. The molecule has 30 heavy (non-hydrogen) atoms. The van der Waals surface area contributed by atoms with Crippen LogP contribution in [0, 0.1) is 31.0 Å². The highest BCUT2D eigenvalue weighted by Crippen LogP contribution is 2.39. The van der Waals surface area contributed by atoms with E-state index < -0.39 is 11.7 Å². The Bertz CT molecular complexity index is 1120. The molecule has 0 unspecified atom stereocenters. The third-order valence-electron chi connectivity index (χ3n) is 5.48. The average molecular weight is 404 g/mol. The molecule has 5 heteroatoms. The molecule has 0 radical (unpaired) electrons. The third kappa shape index (κ3) is 4.13. The SMILES string of the molecule is CC1=CC(C)(C)N(C)c2cc(F)c(/C=C(\C#N)C(=O)Nc3cc(C)cc(C)c3)cc21. The molecule has 1 amide bonds. The maximum absolute atomic E-state index is 14.9. The van der Waals surface area contributed by atoms with Gasteiger partial charge in [-0.25, -0.2) is 4.39 Å². The van der Waals surface area contributed by atoms with Gasteiger partial charge in [-0.05, 0) is 81.7 Å². The maximum atomic E-state index is 14.9. The molecular weight excluding hydrogens is 377 g/mol. The van der Waals surface area contributed by atoms with Crippen molar-refractivity contribution in [1.29, 1.82) is 5.26 Å². The minimum atomic E-state index is -0.565. The number of hydrogen-bond acceptors (Lipinski definition) is 3. The zero-order valence-electron chi connectivity index (χ0n) is 18.2. The summed E-state index contributed by atoms with van der Waals surface area (Å²) in [6.45, 7) is 9.98. The zero-order chi connectivity index (χ0) is 22.2. The zero-order valence-corrected chi connectivity index (χ0v) is 18.2. The summed E-state index contributed by atoms with van der Waals surface area (Å²) in [5.41, 5.74) is 5.13. The van der Waals surface area contributed by atoms with Crippen molar-refractivity contribution in [3.05, 3.63) is 70.1 Å². The van der Waals surface area contributed by atoms with E-state index in [1.165, 1.54) is 12.1 Å². The van der Waals surface area contributed by atoms with Crippen LogP contribution in [0.4, 0.5) is 15.8 Å². The van der Waals surface area contributed by atoms with E-state index in [2.05, 4.69) is 25.2 Å². The van der Waals surface area contributed by atoms with Crippen LogP contribution in [-0.2, 0) is 4.79 Å². The van der Waals surface area contributed by atoms with Crippen LogP contribution in [0.1, 0.15) is 43.0 Å². The van der Waals surface area contributed by atoms with Crippen molar-refractivity contribution >= 4 is 28.9 Å². The monoisotopic (exact) mass is 403 g/mol. The van der Waals surface area contributed by atoms with E-state index in [1.54, 1.807) is 6.07 Å². The van der Waals surface area contributed by atoms with Crippen LogP contribution in [0.25, 0.3) is 11.6 Å². The van der Waals surface area contributed by atoms with Crippen LogP contribution in [-0.4, -0.2) is 18.5 Å². The molecule has 1 heterocycles. The summed E-state index contributed by atoms with van der Waals surface area (Å²) in [4.78, 5) is 14.6. The smallest absolute Gasteiger partial charge is 0.266 e. The fourth-order valence-corrected chi connectivity index (χ4v) is 3.85. The first-order valence-electron chi connectivity index (χ1n) is 9.80. The standard InChI is InChI=1S/C25H26FN3O/c1-15-7-16(2)9-20(8-15)28-24(30)19(14-27)10-18-11-21-17(3)13-25(4,5)29(6)23(21)12-22(18)26/h7-13H,1-6H3,(H,28,30)/b19-10+. The molecule has 1 aliphatic rings.